The topological polar surface area (TPSA) is 0 Å². The van der Waals surface area contributed by atoms with Crippen LogP contribution in [0, 0.1) is 36.5 Å². The van der Waals surface area contributed by atoms with Gasteiger partial charge in [0.1, 0.15) is 0 Å². The Hall–Kier alpha value is -1.32. The predicted octanol–water partition coefficient (Wildman–Crippen LogP) is 0.559. The van der Waals surface area contributed by atoms with Gasteiger partial charge in [-0.2, -0.15) is 5.92 Å². The Morgan fingerprint density at radius 3 is 2.71 bits per heavy atom. The van der Waals surface area contributed by atoms with Gasteiger partial charge in [0.25, 0.3) is 0 Å². The van der Waals surface area contributed by atoms with Crippen molar-refractivity contribution in [2.24, 2.45) is 0 Å². The highest BCUT2D eigenvalue weighted by Crippen LogP contribution is 1.64. The minimum Gasteiger partial charge on any atom is -0.358 e. The second kappa shape index (κ2) is 4.68. The summed E-state index contributed by atoms with van der Waals surface area (Å²) < 4.78 is 0. The molecule has 0 amide bonds. The number of rotatable bonds is 0. The highest BCUT2D eigenvalue weighted by atomic mass is 13.6. The van der Waals surface area contributed by atoms with Gasteiger partial charge in [0.05, 0.1) is 6.42 Å². The monoisotopic (exact) mass is 86.0 g/mol. The maximum Gasteiger partial charge on any atom is 0.0521 e. The summed E-state index contributed by atoms with van der Waals surface area (Å²) in [6, 6.07) is 0. The normalized spacial score (nSPS) is 4.29. The summed E-state index contributed by atoms with van der Waals surface area (Å²) in [5.74, 6) is 8.59. The van der Waals surface area contributed by atoms with Gasteiger partial charge in [-0.25, -0.2) is 0 Å². The molecule has 0 saturated heterocycles. The zero-order chi connectivity index (χ0) is 5.54. The standard InChI is InChI=1S/C7H2/c1-3-5-7-6-4-2/h5H2/q-1. The molecule has 0 nitrogen and oxygen atoms in total. The van der Waals surface area contributed by atoms with E-state index in [0.29, 0.717) is 6.42 Å². The fraction of sp³-hybridized carbons (Fsp3) is 0.143. The van der Waals surface area contributed by atoms with Crippen LogP contribution in [0.1, 0.15) is 6.42 Å². The van der Waals surface area contributed by atoms with Crippen molar-refractivity contribution in [1.29, 1.82) is 0 Å². The lowest BCUT2D eigenvalue weighted by molar-refractivity contribution is 1.57. The lowest BCUT2D eigenvalue weighted by Crippen LogP contribution is -1.53. The molecule has 0 fully saturated rings. The maximum atomic E-state index is 6.34. The summed E-state index contributed by atoms with van der Waals surface area (Å²) in [5, 5.41) is 0. The lowest BCUT2D eigenvalue weighted by Gasteiger charge is -1.70. The van der Waals surface area contributed by atoms with Crippen molar-refractivity contribution >= 4 is 0 Å². The third-order valence-corrected chi connectivity index (χ3v) is 0.328. The molecule has 0 aromatic carbocycles. The summed E-state index contributed by atoms with van der Waals surface area (Å²) in [4.78, 5) is 0. The van der Waals surface area contributed by atoms with E-state index in [2.05, 4.69) is 17.8 Å². The zero-order valence-electron chi connectivity index (χ0n) is 3.71. The van der Waals surface area contributed by atoms with E-state index in [0.717, 1.165) is 0 Å². The van der Waals surface area contributed by atoms with Gasteiger partial charge in [-0.15, -0.1) is 0 Å². The van der Waals surface area contributed by atoms with E-state index in [-0.39, 0.29) is 0 Å². The average Bonchev–Trinajstić information content (AvgIpc) is 1.69. The molecule has 31 valence electrons. The van der Waals surface area contributed by atoms with Gasteiger partial charge in [-0.05, 0) is 6.42 Å². The molecule has 7 heavy (non-hydrogen) atoms. The minimum atomic E-state index is 0.297. The fourth-order valence-electron chi connectivity index (χ4n) is 0.133. The Bertz CT molecular complexity index is 163. The molecule has 0 rings (SSSR count). The van der Waals surface area contributed by atoms with E-state index >= 15 is 0 Å². The zero-order valence-corrected chi connectivity index (χ0v) is 3.71. The van der Waals surface area contributed by atoms with Crippen molar-refractivity contribution in [2.75, 3.05) is 0 Å². The van der Waals surface area contributed by atoms with Crippen LogP contribution in [0.4, 0.5) is 0 Å². The van der Waals surface area contributed by atoms with Crippen LogP contribution >= 0.6 is 0 Å². The predicted molar refractivity (Wildman–Crippen MR) is 26.7 cm³/mol. The minimum absolute atomic E-state index is 0.297. The first-order valence-electron chi connectivity index (χ1n) is 1.71. The van der Waals surface area contributed by atoms with Crippen LogP contribution in [0.3, 0.4) is 0 Å². The summed E-state index contributed by atoms with van der Waals surface area (Å²) >= 11 is 0. The molecule has 0 unspecified atom stereocenters. The van der Waals surface area contributed by atoms with Gasteiger partial charge in [-0.3, -0.25) is 11.8 Å². The Morgan fingerprint density at radius 2 is 2.29 bits per heavy atom. The molecular weight excluding hydrogens is 84.1 g/mol. The van der Waals surface area contributed by atoms with Crippen LogP contribution in [-0.2, 0) is 0 Å². The summed E-state index contributed by atoms with van der Waals surface area (Å²) in [6.07, 6.45) is 12.9. The summed E-state index contributed by atoms with van der Waals surface area (Å²) in [7, 11) is 0. The highest BCUT2D eigenvalue weighted by Gasteiger charge is 1.50. The molecule has 0 spiro atoms. The molecule has 0 heteroatoms. The molecule has 0 N–H and O–H groups in total. The third kappa shape index (κ3) is 4.68. The highest BCUT2D eigenvalue weighted by molar-refractivity contribution is 5.20. The molecule has 0 atom stereocenters. The Labute approximate surface area is 43.9 Å². The van der Waals surface area contributed by atoms with Gasteiger partial charge in [0.2, 0.25) is 0 Å². The van der Waals surface area contributed by atoms with Crippen LogP contribution in [-0.4, -0.2) is 0 Å². The van der Waals surface area contributed by atoms with Gasteiger partial charge in [0, 0.05) is 0 Å². The second-order valence-corrected chi connectivity index (χ2v) is 0.780. The van der Waals surface area contributed by atoms with Crippen molar-refractivity contribution in [3.63, 3.8) is 0 Å². The maximum absolute atomic E-state index is 6.34. The smallest absolute Gasteiger partial charge is 0.0521 e. The molecule has 0 aliphatic rings. The third-order valence-electron chi connectivity index (χ3n) is 0.328. The summed E-state index contributed by atoms with van der Waals surface area (Å²) in [5.41, 5.74) is 0. The first-order chi connectivity index (χ1) is 3.41. The first kappa shape index (κ1) is 5.68. The Balaban J connectivity index is 3.37. The van der Waals surface area contributed by atoms with Crippen molar-refractivity contribution in [1.82, 2.24) is 0 Å². The van der Waals surface area contributed by atoms with E-state index in [9.17, 15) is 0 Å². The molecule has 0 aromatic rings. The largest absolute Gasteiger partial charge is 0.358 e. The van der Waals surface area contributed by atoms with Crippen molar-refractivity contribution in [2.45, 2.75) is 6.42 Å². The lowest BCUT2D eigenvalue weighted by atomic mass is 10.4. The van der Waals surface area contributed by atoms with E-state index in [1.807, 2.05) is 5.92 Å². The van der Waals surface area contributed by atoms with Crippen LogP contribution in [0.2, 0.25) is 0 Å². The summed E-state index contributed by atoms with van der Waals surface area (Å²) in [6.45, 7) is 0. The number of hydrogen-bond donors (Lipinski definition) is 0. The van der Waals surface area contributed by atoms with Crippen molar-refractivity contribution in [3.8, 4) is 23.7 Å². The molecule has 0 aromatic heterocycles. The van der Waals surface area contributed by atoms with Gasteiger partial charge in [0.15, 0.2) is 0 Å². The van der Waals surface area contributed by atoms with Crippen molar-refractivity contribution in [3.05, 3.63) is 12.8 Å². The number of hydrogen-bond acceptors (Lipinski definition) is 0. The first-order valence-corrected chi connectivity index (χ1v) is 1.71. The molecule has 0 aliphatic carbocycles. The van der Waals surface area contributed by atoms with E-state index in [4.69, 9.17) is 12.8 Å². The van der Waals surface area contributed by atoms with E-state index < -0.39 is 0 Å². The van der Waals surface area contributed by atoms with E-state index in [1.165, 1.54) is 0 Å². The van der Waals surface area contributed by atoms with Crippen LogP contribution in [0.25, 0.3) is 0 Å². The Morgan fingerprint density at radius 1 is 1.57 bits per heavy atom. The Kier molecular flexibility index (Phi) is 3.80. The van der Waals surface area contributed by atoms with Crippen LogP contribution < -0.4 is 0 Å². The molecular formula is C7H2-. The van der Waals surface area contributed by atoms with Crippen molar-refractivity contribution < 1.29 is 0 Å². The second-order valence-electron chi connectivity index (χ2n) is 0.780. The van der Waals surface area contributed by atoms with Gasteiger partial charge >= 0.3 is 0 Å². The molecule has 1 radical (unpaired) electrons. The molecule has 0 bridgehead atoms. The van der Waals surface area contributed by atoms with E-state index in [1.54, 1.807) is 0 Å². The SMILES string of the molecule is [C]#CCC#CC#[C-]. The molecule has 0 heterocycles. The fourth-order valence-corrected chi connectivity index (χ4v) is 0.133. The van der Waals surface area contributed by atoms with Gasteiger partial charge < -0.3 is 6.42 Å². The molecule has 0 aliphatic heterocycles. The quantitative estimate of drug-likeness (QED) is 0.298. The molecule has 0 saturated carbocycles. The van der Waals surface area contributed by atoms with Crippen LogP contribution in [0.5, 0.6) is 0 Å². The van der Waals surface area contributed by atoms with Gasteiger partial charge in [-0.1, -0.05) is 5.92 Å². The van der Waals surface area contributed by atoms with Crippen LogP contribution in [0.15, 0.2) is 0 Å². The average molecular weight is 86.1 g/mol.